The van der Waals surface area contributed by atoms with E-state index in [2.05, 4.69) is 0 Å². The Morgan fingerprint density at radius 3 is 1.30 bits per heavy atom. The van der Waals surface area contributed by atoms with E-state index in [9.17, 15) is 52.7 Å². The molecule has 0 nitrogen and oxygen atoms in total. The molecule has 198 valence electrons. The number of rotatable bonds is 3. The van der Waals surface area contributed by atoms with Gasteiger partial charge in [0.15, 0.2) is 0 Å². The van der Waals surface area contributed by atoms with Gasteiger partial charge in [-0.25, -0.2) is 0 Å². The fraction of sp³-hybridized carbons (Fsp3) is 0.250. The number of hydrogen-bond acceptors (Lipinski definition) is 0. The third-order valence-electron chi connectivity index (χ3n) is 5.62. The molecule has 0 aliphatic rings. The molecule has 0 amide bonds. The summed E-state index contributed by atoms with van der Waals surface area (Å²) in [5.41, 5.74) is -7.69. The lowest BCUT2D eigenvalue weighted by Gasteiger charge is -2.23. The van der Waals surface area contributed by atoms with E-state index in [1.54, 1.807) is 0 Å². The van der Waals surface area contributed by atoms with Gasteiger partial charge < -0.3 is 0 Å². The number of aryl methyl sites for hydroxylation is 2. The van der Waals surface area contributed by atoms with Crippen LogP contribution in [0, 0.1) is 13.8 Å². The summed E-state index contributed by atoms with van der Waals surface area (Å²) < 4.78 is 162. The lowest BCUT2D eigenvalue weighted by molar-refractivity contribution is -0.143. The van der Waals surface area contributed by atoms with Crippen LogP contribution >= 0.6 is 0 Å². The molecule has 0 unspecified atom stereocenters. The first-order valence-electron chi connectivity index (χ1n) is 10.3. The summed E-state index contributed by atoms with van der Waals surface area (Å²) in [6.45, 7) is 0.634. The fourth-order valence-electron chi connectivity index (χ4n) is 3.97. The maximum absolute atomic E-state index is 13.5. The minimum atomic E-state index is -5.28. The van der Waals surface area contributed by atoms with E-state index >= 15 is 0 Å². The standard InChI is InChI=1S/C24H15BF12/c1-12-5-15(22(29,30)31)8-18(6-12)25(20-11-14(21(26,27)28)4-3-13(20)2)19-9-16(23(32,33)34)7-17(10-19)24(35,36)37/h3-11H,1-2H3. The topological polar surface area (TPSA) is 0 Å². The van der Waals surface area contributed by atoms with E-state index in [0.29, 0.717) is 36.4 Å². The zero-order chi connectivity index (χ0) is 28.1. The largest absolute Gasteiger partial charge is 0.416 e. The van der Waals surface area contributed by atoms with Crippen molar-refractivity contribution in [1.29, 1.82) is 0 Å². The highest BCUT2D eigenvalue weighted by Gasteiger charge is 2.40. The van der Waals surface area contributed by atoms with Gasteiger partial charge in [-0.3, -0.25) is 0 Å². The molecule has 0 bridgehead atoms. The predicted octanol–water partition coefficient (Wildman–Crippen LogP) is 6.89. The molecule has 3 aromatic rings. The molecular formula is C24H15BF12. The summed E-state index contributed by atoms with van der Waals surface area (Å²) in [4.78, 5) is 0. The Hall–Kier alpha value is -3.12. The molecule has 0 aliphatic heterocycles. The van der Waals surface area contributed by atoms with Gasteiger partial charge in [-0.15, -0.1) is 0 Å². The van der Waals surface area contributed by atoms with Crippen molar-refractivity contribution in [3.63, 3.8) is 0 Å². The molecule has 0 radical (unpaired) electrons. The van der Waals surface area contributed by atoms with Crippen molar-refractivity contribution < 1.29 is 52.7 Å². The van der Waals surface area contributed by atoms with Crippen LogP contribution in [0.4, 0.5) is 52.7 Å². The lowest BCUT2D eigenvalue weighted by Crippen LogP contribution is -2.54. The van der Waals surface area contributed by atoms with Crippen LogP contribution in [0.3, 0.4) is 0 Å². The first-order valence-corrected chi connectivity index (χ1v) is 10.3. The van der Waals surface area contributed by atoms with Gasteiger partial charge >= 0.3 is 24.7 Å². The van der Waals surface area contributed by atoms with E-state index in [4.69, 9.17) is 0 Å². The predicted molar refractivity (Wildman–Crippen MR) is 113 cm³/mol. The zero-order valence-electron chi connectivity index (χ0n) is 18.8. The summed E-state index contributed by atoms with van der Waals surface area (Å²) in [7, 11) is 0. The molecule has 0 aromatic heterocycles. The highest BCUT2D eigenvalue weighted by Crippen LogP contribution is 2.35. The molecule has 0 saturated carbocycles. The third kappa shape index (κ3) is 6.42. The summed E-state index contributed by atoms with van der Waals surface area (Å²) in [6.07, 6.45) is -20.5. The molecule has 0 heterocycles. The number of benzene rings is 3. The average Bonchev–Trinajstić information content (AvgIpc) is 2.72. The van der Waals surface area contributed by atoms with Crippen molar-refractivity contribution in [1.82, 2.24) is 0 Å². The van der Waals surface area contributed by atoms with E-state index in [1.165, 1.54) is 13.8 Å². The van der Waals surface area contributed by atoms with E-state index in [-0.39, 0.29) is 17.2 Å². The average molecular weight is 542 g/mol. The Morgan fingerprint density at radius 1 is 0.459 bits per heavy atom. The molecule has 0 fully saturated rings. The first-order chi connectivity index (χ1) is 16.7. The van der Waals surface area contributed by atoms with Gasteiger partial charge in [-0.05, 0) is 32.0 Å². The van der Waals surface area contributed by atoms with Crippen LogP contribution in [0.15, 0.2) is 54.6 Å². The number of hydrogen-bond donors (Lipinski definition) is 0. The maximum atomic E-state index is 13.5. The Balaban J connectivity index is 2.46. The molecule has 0 spiro atoms. The van der Waals surface area contributed by atoms with Crippen molar-refractivity contribution in [3.05, 3.63) is 88.0 Å². The molecule has 0 N–H and O–H groups in total. The van der Waals surface area contributed by atoms with Gasteiger partial charge in [0.1, 0.15) is 0 Å². The molecular weight excluding hydrogens is 527 g/mol. The molecule has 0 atom stereocenters. The quantitative estimate of drug-likeness (QED) is 0.250. The van der Waals surface area contributed by atoms with Crippen LogP contribution < -0.4 is 16.4 Å². The monoisotopic (exact) mass is 542 g/mol. The normalized spacial score (nSPS) is 13.1. The third-order valence-corrected chi connectivity index (χ3v) is 5.62. The first kappa shape index (κ1) is 28.5. The zero-order valence-corrected chi connectivity index (χ0v) is 18.8. The second-order valence-corrected chi connectivity index (χ2v) is 8.47. The highest BCUT2D eigenvalue weighted by molar-refractivity contribution is 6.95. The van der Waals surface area contributed by atoms with Crippen molar-refractivity contribution >= 4 is 23.1 Å². The van der Waals surface area contributed by atoms with Crippen molar-refractivity contribution in [2.24, 2.45) is 0 Å². The molecule has 3 aromatic carbocycles. The summed E-state index contributed by atoms with van der Waals surface area (Å²) in [6, 6.07) is 4.83. The van der Waals surface area contributed by atoms with Crippen LogP contribution in [-0.2, 0) is 24.7 Å². The second-order valence-electron chi connectivity index (χ2n) is 8.47. The molecule has 13 heteroatoms. The van der Waals surface area contributed by atoms with Gasteiger partial charge in [-0.1, -0.05) is 63.9 Å². The minimum Gasteiger partial charge on any atom is -0.166 e. The van der Waals surface area contributed by atoms with Crippen molar-refractivity contribution in [3.8, 4) is 0 Å². The van der Waals surface area contributed by atoms with Crippen LogP contribution in [0.2, 0.25) is 0 Å². The van der Waals surface area contributed by atoms with Crippen LogP contribution in [0.25, 0.3) is 0 Å². The Bertz CT molecular complexity index is 1260. The fourth-order valence-corrected chi connectivity index (χ4v) is 3.97. The molecule has 0 saturated heterocycles. The lowest BCUT2D eigenvalue weighted by atomic mass is 9.35. The van der Waals surface area contributed by atoms with Crippen LogP contribution in [0.5, 0.6) is 0 Å². The molecule has 0 aliphatic carbocycles. The summed E-state index contributed by atoms with van der Waals surface area (Å²) in [5, 5.41) is 0. The van der Waals surface area contributed by atoms with Gasteiger partial charge in [0, 0.05) is 0 Å². The second kappa shape index (κ2) is 9.32. The van der Waals surface area contributed by atoms with E-state index in [1.807, 2.05) is 0 Å². The van der Waals surface area contributed by atoms with E-state index in [0.717, 1.165) is 12.1 Å². The summed E-state index contributed by atoms with van der Waals surface area (Å²) >= 11 is 0. The number of halogens is 12. The van der Waals surface area contributed by atoms with Gasteiger partial charge in [0.2, 0.25) is 6.71 Å². The highest BCUT2D eigenvalue weighted by atomic mass is 19.4. The molecule has 37 heavy (non-hydrogen) atoms. The number of alkyl halides is 12. The Kier molecular flexibility index (Phi) is 7.17. The van der Waals surface area contributed by atoms with Crippen LogP contribution in [-0.4, -0.2) is 6.71 Å². The van der Waals surface area contributed by atoms with Crippen molar-refractivity contribution in [2.75, 3.05) is 0 Å². The van der Waals surface area contributed by atoms with Gasteiger partial charge in [0.05, 0.1) is 22.3 Å². The van der Waals surface area contributed by atoms with Crippen LogP contribution in [0.1, 0.15) is 33.4 Å². The Labute approximate surface area is 203 Å². The minimum absolute atomic E-state index is 0.0130. The SMILES string of the molecule is Cc1cc(B(c2cc(C(F)(F)F)cc(C(F)(F)F)c2)c2cc(C(F)(F)F)ccc2C)cc(C(F)(F)F)c1. The van der Waals surface area contributed by atoms with Gasteiger partial charge in [-0.2, -0.15) is 52.7 Å². The maximum Gasteiger partial charge on any atom is 0.416 e. The smallest absolute Gasteiger partial charge is 0.166 e. The summed E-state index contributed by atoms with van der Waals surface area (Å²) in [5.74, 6) is 0. The van der Waals surface area contributed by atoms with Crippen molar-refractivity contribution in [2.45, 2.75) is 38.6 Å². The molecule has 3 rings (SSSR count). The Morgan fingerprint density at radius 2 is 0.865 bits per heavy atom. The van der Waals surface area contributed by atoms with Gasteiger partial charge in [0.25, 0.3) is 0 Å². The van der Waals surface area contributed by atoms with E-state index < -0.39 is 70.1 Å².